The van der Waals surface area contributed by atoms with Crippen molar-refractivity contribution < 1.29 is 4.58 Å². The Balaban J connectivity index is 1.74. The molecule has 0 spiro atoms. The molecule has 0 saturated carbocycles. The fourth-order valence-corrected chi connectivity index (χ4v) is 2.27. The zero-order valence-corrected chi connectivity index (χ0v) is 8.66. The standard InChI is InChI=1S/C13H15N2/c1-2-6-12(5-1)14-9-10-15(11-14)13-7-3-4-8-13/h1-8,11-13H,9-10H2/q+1. The molecule has 0 aromatic rings. The first-order valence-corrected chi connectivity index (χ1v) is 5.50. The zero-order chi connectivity index (χ0) is 10.1. The van der Waals surface area contributed by atoms with Gasteiger partial charge in [0.05, 0.1) is 0 Å². The molecule has 2 aliphatic carbocycles. The Morgan fingerprint density at radius 3 is 2.33 bits per heavy atom. The molecule has 0 unspecified atom stereocenters. The Morgan fingerprint density at radius 2 is 1.60 bits per heavy atom. The van der Waals surface area contributed by atoms with E-state index in [1.165, 1.54) is 0 Å². The molecule has 1 heterocycles. The molecule has 1 aliphatic heterocycles. The Hall–Kier alpha value is -1.57. The van der Waals surface area contributed by atoms with Gasteiger partial charge in [0.25, 0.3) is 0 Å². The smallest absolute Gasteiger partial charge is 0.235 e. The maximum absolute atomic E-state index is 2.39. The molecule has 0 fully saturated rings. The Bertz CT molecular complexity index is 375. The lowest BCUT2D eigenvalue weighted by molar-refractivity contribution is -0.529. The first kappa shape index (κ1) is 8.72. The fraction of sp³-hybridized carbons (Fsp3) is 0.308. The molecule has 15 heavy (non-hydrogen) atoms. The summed E-state index contributed by atoms with van der Waals surface area (Å²) in [4.78, 5) is 2.39. The average Bonchev–Trinajstić information content (AvgIpc) is 3.02. The summed E-state index contributed by atoms with van der Waals surface area (Å²) in [6.07, 6.45) is 19.7. The van der Waals surface area contributed by atoms with Crippen LogP contribution in [0, 0.1) is 0 Å². The van der Waals surface area contributed by atoms with E-state index in [9.17, 15) is 0 Å². The van der Waals surface area contributed by atoms with Gasteiger partial charge in [-0.15, -0.1) is 0 Å². The van der Waals surface area contributed by atoms with Gasteiger partial charge in [-0.1, -0.05) is 24.3 Å². The van der Waals surface area contributed by atoms with Crippen LogP contribution in [0.3, 0.4) is 0 Å². The maximum Gasteiger partial charge on any atom is 0.235 e. The third-order valence-electron chi connectivity index (χ3n) is 3.13. The van der Waals surface area contributed by atoms with E-state index >= 15 is 0 Å². The van der Waals surface area contributed by atoms with Crippen molar-refractivity contribution in [2.45, 2.75) is 12.1 Å². The Morgan fingerprint density at radius 1 is 0.933 bits per heavy atom. The molecular formula is C13H15N2+. The van der Waals surface area contributed by atoms with Gasteiger partial charge in [-0.2, -0.15) is 0 Å². The summed E-state index contributed by atoms with van der Waals surface area (Å²) >= 11 is 0. The summed E-state index contributed by atoms with van der Waals surface area (Å²) < 4.78 is 2.39. The molecule has 0 aromatic heterocycles. The first-order valence-electron chi connectivity index (χ1n) is 5.50. The summed E-state index contributed by atoms with van der Waals surface area (Å²) in [5, 5.41) is 0. The molecule has 0 aromatic carbocycles. The SMILES string of the molecule is C1=CC(N2C=[N+](C3C=CC=C3)CC2)C=C1. The summed E-state index contributed by atoms with van der Waals surface area (Å²) in [5.41, 5.74) is 0. The molecule has 2 heteroatoms. The number of nitrogens with zero attached hydrogens (tertiary/aromatic N) is 2. The third kappa shape index (κ3) is 1.56. The van der Waals surface area contributed by atoms with E-state index in [0.29, 0.717) is 12.1 Å². The minimum Gasteiger partial charge on any atom is -0.254 e. The van der Waals surface area contributed by atoms with Gasteiger partial charge >= 0.3 is 0 Å². The largest absolute Gasteiger partial charge is 0.254 e. The number of hydrogen-bond acceptors (Lipinski definition) is 1. The van der Waals surface area contributed by atoms with E-state index in [-0.39, 0.29) is 0 Å². The van der Waals surface area contributed by atoms with Gasteiger partial charge in [-0.25, -0.2) is 0 Å². The van der Waals surface area contributed by atoms with Crippen molar-refractivity contribution in [1.29, 1.82) is 0 Å². The Kier molecular flexibility index (Phi) is 2.05. The molecule has 0 atom stereocenters. The van der Waals surface area contributed by atoms with Crippen molar-refractivity contribution in [2.75, 3.05) is 13.1 Å². The summed E-state index contributed by atoms with van der Waals surface area (Å²) in [6, 6.07) is 0.953. The molecule has 0 N–H and O–H groups in total. The number of rotatable bonds is 2. The predicted octanol–water partition coefficient (Wildman–Crippen LogP) is 1.33. The van der Waals surface area contributed by atoms with Crippen molar-refractivity contribution in [3.63, 3.8) is 0 Å². The van der Waals surface area contributed by atoms with Crippen molar-refractivity contribution in [2.24, 2.45) is 0 Å². The highest BCUT2D eigenvalue weighted by atomic mass is 15.3. The van der Waals surface area contributed by atoms with Crippen LogP contribution in [0.4, 0.5) is 0 Å². The van der Waals surface area contributed by atoms with Crippen molar-refractivity contribution >= 4 is 6.34 Å². The highest BCUT2D eigenvalue weighted by Gasteiger charge is 2.27. The van der Waals surface area contributed by atoms with Crippen LogP contribution in [0.25, 0.3) is 0 Å². The maximum atomic E-state index is 2.39. The van der Waals surface area contributed by atoms with Crippen LogP contribution in [0.15, 0.2) is 48.6 Å². The van der Waals surface area contributed by atoms with E-state index in [1.54, 1.807) is 0 Å². The van der Waals surface area contributed by atoms with Crippen molar-refractivity contribution in [3.8, 4) is 0 Å². The van der Waals surface area contributed by atoms with Gasteiger partial charge in [0.2, 0.25) is 6.34 Å². The molecule has 0 bridgehead atoms. The average molecular weight is 199 g/mol. The van der Waals surface area contributed by atoms with Crippen molar-refractivity contribution in [3.05, 3.63) is 48.6 Å². The number of allylic oxidation sites excluding steroid dienone is 4. The van der Waals surface area contributed by atoms with Crippen LogP contribution in [0.1, 0.15) is 0 Å². The monoisotopic (exact) mass is 199 g/mol. The van der Waals surface area contributed by atoms with Gasteiger partial charge in [0.1, 0.15) is 25.2 Å². The molecule has 76 valence electrons. The van der Waals surface area contributed by atoms with Gasteiger partial charge in [0, 0.05) is 0 Å². The lowest BCUT2D eigenvalue weighted by Crippen LogP contribution is -2.28. The van der Waals surface area contributed by atoms with Crippen LogP contribution >= 0.6 is 0 Å². The minimum atomic E-state index is 0.476. The molecule has 3 aliphatic rings. The van der Waals surface area contributed by atoms with Crippen molar-refractivity contribution in [1.82, 2.24) is 4.90 Å². The van der Waals surface area contributed by atoms with Gasteiger partial charge in [-0.05, 0) is 24.3 Å². The topological polar surface area (TPSA) is 6.25 Å². The molecule has 0 amide bonds. The van der Waals surface area contributed by atoms with Gasteiger partial charge < -0.3 is 0 Å². The van der Waals surface area contributed by atoms with Gasteiger partial charge in [0.15, 0.2) is 0 Å². The minimum absolute atomic E-state index is 0.476. The highest BCUT2D eigenvalue weighted by molar-refractivity contribution is 5.54. The summed E-state index contributed by atoms with van der Waals surface area (Å²) in [7, 11) is 0. The lowest BCUT2D eigenvalue weighted by Gasteiger charge is -2.10. The quantitative estimate of drug-likeness (QED) is 0.608. The second kappa shape index (κ2) is 3.54. The van der Waals surface area contributed by atoms with Crippen LogP contribution in [0.5, 0.6) is 0 Å². The van der Waals surface area contributed by atoms with Crippen LogP contribution < -0.4 is 0 Å². The molecule has 2 nitrogen and oxygen atoms in total. The molecule has 3 rings (SSSR count). The summed E-state index contributed by atoms with van der Waals surface area (Å²) in [6.45, 7) is 2.25. The van der Waals surface area contributed by atoms with Crippen LogP contribution in [0.2, 0.25) is 0 Å². The first-order chi connectivity index (χ1) is 7.43. The number of hydrogen-bond donors (Lipinski definition) is 0. The fourth-order valence-electron chi connectivity index (χ4n) is 2.27. The second-order valence-corrected chi connectivity index (χ2v) is 4.11. The van der Waals surface area contributed by atoms with E-state index in [4.69, 9.17) is 0 Å². The molecule has 0 saturated heterocycles. The van der Waals surface area contributed by atoms with Crippen LogP contribution in [-0.2, 0) is 0 Å². The lowest BCUT2D eigenvalue weighted by atomic mass is 10.3. The van der Waals surface area contributed by atoms with E-state index in [1.807, 2.05) is 0 Å². The third-order valence-corrected chi connectivity index (χ3v) is 3.13. The Labute approximate surface area is 90.2 Å². The zero-order valence-electron chi connectivity index (χ0n) is 8.66. The van der Waals surface area contributed by atoms with E-state index < -0.39 is 0 Å². The van der Waals surface area contributed by atoms with E-state index in [2.05, 4.69) is 64.4 Å². The second-order valence-electron chi connectivity index (χ2n) is 4.11. The molecular weight excluding hydrogens is 184 g/mol. The predicted molar refractivity (Wildman–Crippen MR) is 62.0 cm³/mol. The highest BCUT2D eigenvalue weighted by Crippen LogP contribution is 2.13. The van der Waals surface area contributed by atoms with E-state index in [0.717, 1.165) is 13.1 Å². The molecule has 0 radical (unpaired) electrons. The summed E-state index contributed by atoms with van der Waals surface area (Å²) in [5.74, 6) is 0. The normalized spacial score (nSPS) is 24.8. The van der Waals surface area contributed by atoms with Gasteiger partial charge in [-0.3, -0.25) is 9.48 Å². The van der Waals surface area contributed by atoms with Crippen LogP contribution in [-0.4, -0.2) is 41.0 Å².